The molecule has 7 nitrogen and oxygen atoms in total. The summed E-state index contributed by atoms with van der Waals surface area (Å²) in [7, 11) is 1.52. The van der Waals surface area contributed by atoms with Crippen molar-refractivity contribution in [3.8, 4) is 5.75 Å². The molecule has 0 unspecified atom stereocenters. The van der Waals surface area contributed by atoms with Crippen LogP contribution in [0.15, 0.2) is 126 Å². The number of rotatable bonds is 10. The van der Waals surface area contributed by atoms with Crippen molar-refractivity contribution in [1.29, 1.82) is 0 Å². The summed E-state index contributed by atoms with van der Waals surface area (Å²) in [4.78, 5) is 39.9. The van der Waals surface area contributed by atoms with E-state index in [2.05, 4.69) is 16.0 Å². The Morgan fingerprint density at radius 2 is 1.55 bits per heavy atom. The summed E-state index contributed by atoms with van der Waals surface area (Å²) in [6.45, 7) is 0. The Morgan fingerprint density at radius 1 is 0.818 bits per heavy atom. The number of amides is 3. The van der Waals surface area contributed by atoms with Crippen LogP contribution in [0.2, 0.25) is 5.02 Å². The Balaban J connectivity index is 1.28. The first kappa shape index (κ1) is 30.4. The number of carbonyl (C=O) groups excluding carboxylic acids is 3. The van der Waals surface area contributed by atoms with E-state index in [1.165, 1.54) is 18.9 Å². The van der Waals surface area contributed by atoms with E-state index < -0.39 is 11.8 Å². The smallest absolute Gasteiger partial charge is 0.272 e. The fraction of sp³-hybridized carbons (Fsp3) is 0.0571. The Bertz CT molecular complexity index is 1840. The number of anilines is 2. The van der Waals surface area contributed by atoms with Gasteiger partial charge in [0.15, 0.2) is 0 Å². The molecule has 5 aromatic rings. The minimum absolute atomic E-state index is 0.0989. The lowest BCUT2D eigenvalue weighted by atomic mass is 10.0. The molecular weight excluding hydrogens is 594 g/mol. The third-order valence-corrected chi connectivity index (χ3v) is 7.82. The maximum atomic E-state index is 13.5. The van der Waals surface area contributed by atoms with Crippen LogP contribution in [-0.4, -0.2) is 30.6 Å². The molecule has 9 heteroatoms. The van der Waals surface area contributed by atoms with Gasteiger partial charge in [0.1, 0.15) is 11.4 Å². The number of benzene rings is 5. The highest BCUT2D eigenvalue weighted by atomic mass is 35.5. The number of ether oxygens (including phenoxy) is 1. The van der Waals surface area contributed by atoms with Gasteiger partial charge in [0.2, 0.25) is 5.91 Å². The Labute approximate surface area is 264 Å². The number of halogens is 1. The van der Waals surface area contributed by atoms with E-state index in [9.17, 15) is 14.4 Å². The lowest BCUT2D eigenvalue weighted by molar-refractivity contribution is -0.114. The molecule has 3 amide bonds. The molecule has 0 aliphatic rings. The molecule has 44 heavy (non-hydrogen) atoms. The molecule has 0 aliphatic carbocycles. The van der Waals surface area contributed by atoms with Crippen molar-refractivity contribution in [3.63, 3.8) is 0 Å². The van der Waals surface area contributed by atoms with Crippen LogP contribution in [0.4, 0.5) is 11.4 Å². The van der Waals surface area contributed by atoms with E-state index in [4.69, 9.17) is 16.3 Å². The van der Waals surface area contributed by atoms with Crippen molar-refractivity contribution >= 4 is 69.3 Å². The molecule has 0 saturated heterocycles. The van der Waals surface area contributed by atoms with Crippen LogP contribution >= 0.6 is 23.4 Å². The monoisotopic (exact) mass is 621 g/mol. The van der Waals surface area contributed by atoms with Crippen molar-refractivity contribution in [2.75, 3.05) is 23.5 Å². The average Bonchev–Trinajstić information content (AvgIpc) is 3.04. The summed E-state index contributed by atoms with van der Waals surface area (Å²) in [5, 5.41) is 10.9. The zero-order valence-corrected chi connectivity index (χ0v) is 25.2. The van der Waals surface area contributed by atoms with Crippen molar-refractivity contribution in [2.45, 2.75) is 4.90 Å². The fourth-order valence-corrected chi connectivity index (χ4v) is 5.29. The Kier molecular flexibility index (Phi) is 9.96. The number of methoxy groups -OCH3 is 1. The third kappa shape index (κ3) is 7.86. The summed E-state index contributed by atoms with van der Waals surface area (Å²) in [6, 6.07) is 34.5. The molecule has 0 spiro atoms. The Hall–Kier alpha value is -5.05. The largest absolute Gasteiger partial charge is 0.495 e. The van der Waals surface area contributed by atoms with Crippen molar-refractivity contribution in [1.82, 2.24) is 5.32 Å². The summed E-state index contributed by atoms with van der Waals surface area (Å²) in [5.41, 5.74) is 2.35. The predicted octanol–water partition coefficient (Wildman–Crippen LogP) is 7.64. The molecule has 0 aliphatic heterocycles. The molecule has 0 saturated carbocycles. The molecule has 0 bridgehead atoms. The number of nitrogens with one attached hydrogen (secondary N) is 3. The Morgan fingerprint density at radius 3 is 2.32 bits per heavy atom. The number of hydrogen-bond donors (Lipinski definition) is 3. The van der Waals surface area contributed by atoms with Gasteiger partial charge in [0.25, 0.3) is 11.8 Å². The molecule has 3 N–H and O–H groups in total. The van der Waals surface area contributed by atoms with E-state index in [0.29, 0.717) is 27.7 Å². The molecule has 5 rings (SSSR count). The summed E-state index contributed by atoms with van der Waals surface area (Å²) in [6.07, 6.45) is 1.68. The van der Waals surface area contributed by atoms with E-state index in [0.717, 1.165) is 21.2 Å². The van der Waals surface area contributed by atoms with Gasteiger partial charge in [-0.1, -0.05) is 72.3 Å². The van der Waals surface area contributed by atoms with Gasteiger partial charge < -0.3 is 20.7 Å². The molecule has 0 fully saturated rings. The van der Waals surface area contributed by atoms with Gasteiger partial charge in [-0.15, -0.1) is 11.8 Å². The first-order chi connectivity index (χ1) is 21.4. The number of hydrogen-bond acceptors (Lipinski definition) is 5. The normalized spacial score (nSPS) is 11.1. The van der Waals surface area contributed by atoms with Crippen LogP contribution in [0.5, 0.6) is 5.75 Å². The maximum absolute atomic E-state index is 13.5. The zero-order valence-electron chi connectivity index (χ0n) is 23.7. The van der Waals surface area contributed by atoms with E-state index in [1.807, 2.05) is 60.7 Å². The second-order valence-corrected chi connectivity index (χ2v) is 11.1. The van der Waals surface area contributed by atoms with Crippen molar-refractivity contribution in [2.24, 2.45) is 0 Å². The highest BCUT2D eigenvalue weighted by Crippen LogP contribution is 2.28. The van der Waals surface area contributed by atoms with Gasteiger partial charge in [0, 0.05) is 21.2 Å². The average molecular weight is 622 g/mol. The molecule has 0 aromatic heterocycles. The highest BCUT2D eigenvalue weighted by Gasteiger charge is 2.16. The zero-order chi connectivity index (χ0) is 30.9. The van der Waals surface area contributed by atoms with Gasteiger partial charge in [-0.05, 0) is 77.0 Å². The minimum Gasteiger partial charge on any atom is -0.495 e. The van der Waals surface area contributed by atoms with E-state index >= 15 is 0 Å². The first-order valence-corrected chi connectivity index (χ1v) is 15.0. The minimum atomic E-state index is -0.475. The molecule has 0 radical (unpaired) electrons. The van der Waals surface area contributed by atoms with Crippen LogP contribution in [-0.2, 0) is 9.59 Å². The summed E-state index contributed by atoms with van der Waals surface area (Å²) >= 11 is 7.39. The van der Waals surface area contributed by atoms with Crippen molar-refractivity contribution in [3.05, 3.63) is 137 Å². The van der Waals surface area contributed by atoms with Crippen LogP contribution < -0.4 is 20.7 Å². The number of thioether (sulfide) groups is 1. The van der Waals surface area contributed by atoms with Gasteiger partial charge in [-0.3, -0.25) is 14.4 Å². The van der Waals surface area contributed by atoms with Gasteiger partial charge in [0.05, 0.1) is 18.6 Å². The topological polar surface area (TPSA) is 96.5 Å². The third-order valence-electron chi connectivity index (χ3n) is 6.57. The first-order valence-electron chi connectivity index (χ1n) is 13.6. The second-order valence-electron chi connectivity index (χ2n) is 9.61. The maximum Gasteiger partial charge on any atom is 0.272 e. The standard InChI is InChI=1S/C35H28ClN3O4S/c1-43-32-19-14-26(36)21-30(32)38-33(40)22-44-28-17-15-27(16-18-28)37-35(42)31(39-34(41)24-9-3-2-4-10-24)20-25-12-7-11-23-8-5-6-13-29(23)25/h2-21H,22H2,1H3,(H,37,42)(H,38,40)(H,39,41)/b31-20-. The molecular formula is C35H28ClN3O4S. The quantitative estimate of drug-likeness (QED) is 0.110. The molecule has 5 aromatic carbocycles. The van der Waals surface area contributed by atoms with E-state index in [1.54, 1.807) is 60.7 Å². The summed E-state index contributed by atoms with van der Waals surface area (Å²) in [5.74, 6) is -0.415. The molecule has 0 atom stereocenters. The highest BCUT2D eigenvalue weighted by molar-refractivity contribution is 8.00. The number of carbonyl (C=O) groups is 3. The van der Waals surface area contributed by atoms with Crippen LogP contribution in [0, 0.1) is 0 Å². The van der Waals surface area contributed by atoms with Gasteiger partial charge in [-0.25, -0.2) is 0 Å². The van der Waals surface area contributed by atoms with Crippen LogP contribution in [0.1, 0.15) is 15.9 Å². The van der Waals surface area contributed by atoms with Gasteiger partial charge in [-0.2, -0.15) is 0 Å². The van der Waals surface area contributed by atoms with Gasteiger partial charge >= 0.3 is 0 Å². The molecule has 220 valence electrons. The number of fused-ring (bicyclic) bond motifs is 1. The predicted molar refractivity (Wildman–Crippen MR) is 178 cm³/mol. The van der Waals surface area contributed by atoms with Crippen LogP contribution in [0.3, 0.4) is 0 Å². The van der Waals surface area contributed by atoms with Crippen LogP contribution in [0.25, 0.3) is 16.8 Å². The lowest BCUT2D eigenvalue weighted by Crippen LogP contribution is -2.30. The SMILES string of the molecule is COc1ccc(Cl)cc1NC(=O)CSc1ccc(NC(=O)/C(=C/c2cccc3ccccc23)NC(=O)c2ccccc2)cc1. The second kappa shape index (κ2) is 14.4. The molecule has 0 heterocycles. The summed E-state index contributed by atoms with van der Waals surface area (Å²) < 4.78 is 5.28. The lowest BCUT2D eigenvalue weighted by Gasteiger charge is -2.13. The van der Waals surface area contributed by atoms with Crippen molar-refractivity contribution < 1.29 is 19.1 Å². The van der Waals surface area contributed by atoms with E-state index in [-0.39, 0.29) is 17.4 Å². The fourth-order valence-electron chi connectivity index (χ4n) is 4.42.